The summed E-state index contributed by atoms with van der Waals surface area (Å²) in [6.07, 6.45) is -0.158. The average molecular weight is 364 g/mol. The van der Waals surface area contributed by atoms with Crippen LogP contribution in [0.25, 0.3) is 0 Å². The highest BCUT2D eigenvalue weighted by Gasteiger charge is 2.37. The van der Waals surface area contributed by atoms with Crippen molar-refractivity contribution in [2.24, 2.45) is 5.92 Å². The first-order valence-corrected chi connectivity index (χ1v) is 7.79. The SMILES string of the molecule is COc1cccc(NC(=O)C2CC(=O)N(c3ccc(F)c(F)c3F)C2)c1. The standard InChI is InChI=1S/C18H15F3N2O3/c1-26-12-4-2-3-11(8-12)22-18(25)10-7-15(24)23(9-10)14-6-5-13(19)16(20)17(14)21/h2-6,8,10H,7,9H2,1H3,(H,22,25). The molecule has 0 spiro atoms. The number of anilines is 2. The fourth-order valence-electron chi connectivity index (χ4n) is 2.79. The van der Waals surface area contributed by atoms with Crippen molar-refractivity contribution >= 4 is 23.2 Å². The lowest BCUT2D eigenvalue weighted by Crippen LogP contribution is -2.29. The molecule has 26 heavy (non-hydrogen) atoms. The van der Waals surface area contributed by atoms with Gasteiger partial charge in [0.2, 0.25) is 11.8 Å². The van der Waals surface area contributed by atoms with Crippen molar-refractivity contribution in [2.75, 3.05) is 23.9 Å². The van der Waals surface area contributed by atoms with Crippen LogP contribution in [0.1, 0.15) is 6.42 Å². The van der Waals surface area contributed by atoms with Gasteiger partial charge in [0.1, 0.15) is 5.75 Å². The number of ether oxygens (including phenoxy) is 1. The summed E-state index contributed by atoms with van der Waals surface area (Å²) in [5.41, 5.74) is 0.102. The van der Waals surface area contributed by atoms with Crippen LogP contribution < -0.4 is 15.0 Å². The molecule has 2 amide bonds. The monoisotopic (exact) mass is 364 g/mol. The summed E-state index contributed by atoms with van der Waals surface area (Å²) < 4.78 is 45.5. The van der Waals surface area contributed by atoms with Crippen LogP contribution in [0, 0.1) is 23.4 Å². The summed E-state index contributed by atoms with van der Waals surface area (Å²) in [5, 5.41) is 2.66. The van der Waals surface area contributed by atoms with E-state index in [9.17, 15) is 22.8 Å². The number of nitrogens with zero attached hydrogens (tertiary/aromatic N) is 1. The van der Waals surface area contributed by atoms with Gasteiger partial charge in [-0.1, -0.05) is 6.07 Å². The number of carbonyl (C=O) groups excluding carboxylic acids is 2. The smallest absolute Gasteiger partial charge is 0.229 e. The molecule has 1 fully saturated rings. The number of hydrogen-bond acceptors (Lipinski definition) is 3. The van der Waals surface area contributed by atoms with Crippen LogP contribution in [-0.2, 0) is 9.59 Å². The highest BCUT2D eigenvalue weighted by atomic mass is 19.2. The van der Waals surface area contributed by atoms with Crippen LogP contribution in [0.5, 0.6) is 5.75 Å². The number of halogens is 3. The molecule has 1 saturated heterocycles. The molecule has 5 nitrogen and oxygen atoms in total. The Hall–Kier alpha value is -3.03. The van der Waals surface area contributed by atoms with E-state index in [2.05, 4.69) is 5.32 Å². The lowest BCUT2D eigenvalue weighted by Gasteiger charge is -2.18. The molecule has 1 unspecified atom stereocenters. The number of hydrogen-bond donors (Lipinski definition) is 1. The third kappa shape index (κ3) is 3.35. The summed E-state index contributed by atoms with van der Waals surface area (Å²) in [6, 6.07) is 8.39. The van der Waals surface area contributed by atoms with Gasteiger partial charge >= 0.3 is 0 Å². The van der Waals surface area contributed by atoms with Crippen LogP contribution in [-0.4, -0.2) is 25.5 Å². The summed E-state index contributed by atoms with van der Waals surface area (Å²) in [5.74, 6) is -5.62. The molecule has 1 heterocycles. The Kier molecular flexibility index (Phi) is 4.83. The lowest BCUT2D eigenvalue weighted by molar-refractivity contribution is -0.122. The van der Waals surface area contributed by atoms with E-state index in [0.29, 0.717) is 11.4 Å². The van der Waals surface area contributed by atoms with Gasteiger partial charge in [0, 0.05) is 24.7 Å². The first-order valence-electron chi connectivity index (χ1n) is 7.79. The molecule has 136 valence electrons. The third-order valence-corrected chi connectivity index (χ3v) is 4.14. The Balaban J connectivity index is 1.75. The minimum Gasteiger partial charge on any atom is -0.497 e. The Labute approximate surface area is 147 Å². The van der Waals surface area contributed by atoms with Crippen molar-refractivity contribution in [1.82, 2.24) is 0 Å². The minimum atomic E-state index is -1.65. The van der Waals surface area contributed by atoms with Crippen LogP contribution >= 0.6 is 0 Å². The minimum absolute atomic E-state index is 0.128. The summed E-state index contributed by atoms with van der Waals surface area (Å²) in [7, 11) is 1.49. The maximum atomic E-state index is 13.9. The van der Waals surface area contributed by atoms with Gasteiger partial charge in [0.25, 0.3) is 0 Å². The largest absolute Gasteiger partial charge is 0.497 e. The van der Waals surface area contributed by atoms with Crippen molar-refractivity contribution in [1.29, 1.82) is 0 Å². The molecular weight excluding hydrogens is 349 g/mol. The Morgan fingerprint density at radius 1 is 1.19 bits per heavy atom. The zero-order valence-corrected chi connectivity index (χ0v) is 13.8. The molecule has 0 saturated carbocycles. The molecule has 3 rings (SSSR count). The van der Waals surface area contributed by atoms with E-state index in [1.54, 1.807) is 24.3 Å². The second kappa shape index (κ2) is 7.07. The fourth-order valence-corrected chi connectivity index (χ4v) is 2.79. The van der Waals surface area contributed by atoms with Gasteiger partial charge in [-0.2, -0.15) is 0 Å². The molecule has 2 aromatic rings. The topological polar surface area (TPSA) is 58.6 Å². The quantitative estimate of drug-likeness (QED) is 0.849. The van der Waals surface area contributed by atoms with Gasteiger partial charge in [-0.15, -0.1) is 0 Å². The maximum absolute atomic E-state index is 13.9. The third-order valence-electron chi connectivity index (χ3n) is 4.14. The second-order valence-corrected chi connectivity index (χ2v) is 5.82. The molecule has 0 radical (unpaired) electrons. The summed E-state index contributed by atoms with van der Waals surface area (Å²) in [6.45, 7) is -0.128. The fraction of sp³-hybridized carbons (Fsp3) is 0.222. The predicted molar refractivity (Wildman–Crippen MR) is 88.4 cm³/mol. The predicted octanol–water partition coefficient (Wildman–Crippen LogP) is 3.10. The van der Waals surface area contributed by atoms with Gasteiger partial charge in [0.05, 0.1) is 18.7 Å². The van der Waals surface area contributed by atoms with E-state index >= 15 is 0 Å². The van der Waals surface area contributed by atoms with Crippen LogP contribution in [0.15, 0.2) is 36.4 Å². The molecule has 0 aliphatic carbocycles. The number of rotatable bonds is 4. The molecule has 0 aromatic heterocycles. The van der Waals surface area contributed by atoms with Gasteiger partial charge < -0.3 is 15.0 Å². The summed E-state index contributed by atoms with van der Waals surface area (Å²) in [4.78, 5) is 25.5. The Morgan fingerprint density at radius 3 is 2.69 bits per heavy atom. The number of benzene rings is 2. The van der Waals surface area contributed by atoms with Gasteiger partial charge in [-0.05, 0) is 24.3 Å². The van der Waals surface area contributed by atoms with E-state index in [-0.39, 0.29) is 18.7 Å². The lowest BCUT2D eigenvalue weighted by atomic mass is 10.1. The number of nitrogens with one attached hydrogen (secondary N) is 1. The van der Waals surface area contributed by atoms with Crippen LogP contribution in [0.2, 0.25) is 0 Å². The first kappa shape index (κ1) is 17.8. The number of methoxy groups -OCH3 is 1. The molecule has 0 bridgehead atoms. The van der Waals surface area contributed by atoms with Crippen molar-refractivity contribution < 1.29 is 27.5 Å². The number of amides is 2. The molecule has 1 atom stereocenters. The summed E-state index contributed by atoms with van der Waals surface area (Å²) >= 11 is 0. The molecular formula is C18H15F3N2O3. The maximum Gasteiger partial charge on any atom is 0.229 e. The van der Waals surface area contributed by atoms with E-state index < -0.39 is 35.2 Å². The molecule has 1 N–H and O–H groups in total. The van der Waals surface area contributed by atoms with Crippen LogP contribution in [0.3, 0.4) is 0 Å². The van der Waals surface area contributed by atoms with Crippen molar-refractivity contribution in [3.8, 4) is 5.75 Å². The van der Waals surface area contributed by atoms with Gasteiger partial charge in [-0.25, -0.2) is 13.2 Å². The highest BCUT2D eigenvalue weighted by molar-refractivity contribution is 6.03. The zero-order chi connectivity index (χ0) is 18.8. The second-order valence-electron chi connectivity index (χ2n) is 5.82. The Bertz CT molecular complexity index is 873. The van der Waals surface area contributed by atoms with Crippen molar-refractivity contribution in [3.05, 3.63) is 53.8 Å². The van der Waals surface area contributed by atoms with Crippen LogP contribution in [0.4, 0.5) is 24.5 Å². The molecule has 8 heteroatoms. The van der Waals surface area contributed by atoms with E-state index in [4.69, 9.17) is 4.74 Å². The normalized spacial score (nSPS) is 16.7. The average Bonchev–Trinajstić information content (AvgIpc) is 3.02. The van der Waals surface area contributed by atoms with E-state index in [1.807, 2.05) is 0 Å². The van der Waals surface area contributed by atoms with Gasteiger partial charge in [0.15, 0.2) is 17.5 Å². The van der Waals surface area contributed by atoms with E-state index in [0.717, 1.165) is 17.0 Å². The molecule has 1 aliphatic rings. The van der Waals surface area contributed by atoms with Gasteiger partial charge in [-0.3, -0.25) is 9.59 Å². The Morgan fingerprint density at radius 2 is 1.96 bits per heavy atom. The number of carbonyl (C=O) groups is 2. The zero-order valence-electron chi connectivity index (χ0n) is 13.8. The van der Waals surface area contributed by atoms with Crippen molar-refractivity contribution in [3.63, 3.8) is 0 Å². The molecule has 1 aliphatic heterocycles. The van der Waals surface area contributed by atoms with Crippen molar-refractivity contribution in [2.45, 2.75) is 6.42 Å². The van der Waals surface area contributed by atoms with E-state index in [1.165, 1.54) is 7.11 Å². The molecule has 2 aromatic carbocycles. The highest BCUT2D eigenvalue weighted by Crippen LogP contribution is 2.30. The first-order chi connectivity index (χ1) is 12.4.